The minimum atomic E-state index is -4.78. The largest absolute Gasteiger partial charge is 0.469 e. The second-order valence-corrected chi connectivity index (χ2v) is 14.5. The molecule has 0 aliphatic rings. The molecule has 0 bridgehead atoms. The summed E-state index contributed by atoms with van der Waals surface area (Å²) in [4.78, 5) is 54.5. The Morgan fingerprint density at radius 1 is 0.569 bits per heavy atom. The van der Waals surface area contributed by atoms with Crippen molar-refractivity contribution in [1.82, 2.24) is 0 Å². The van der Waals surface area contributed by atoms with Gasteiger partial charge in [0.1, 0.15) is 6.61 Å². The maximum Gasteiger partial charge on any atom is 0.469 e. The molecule has 0 aliphatic carbocycles. The molecule has 1 atom stereocenters. The van der Waals surface area contributed by atoms with E-state index >= 15 is 0 Å². The maximum absolute atomic E-state index is 12.4. The van der Waals surface area contributed by atoms with Crippen LogP contribution < -0.4 is 0 Å². The minimum Gasteiger partial charge on any atom is -0.462 e. The number of unbranched alkanes of at least 4 members (excludes halogenated alkanes) is 17. The Balaban J connectivity index is 4.03. The van der Waals surface area contributed by atoms with Gasteiger partial charge >= 0.3 is 19.8 Å². The topological polar surface area (TPSA) is 136 Å². The first-order valence-electron chi connectivity index (χ1n) is 19.9. The number of esters is 2. The van der Waals surface area contributed by atoms with E-state index in [1.807, 2.05) is 6.08 Å². The van der Waals surface area contributed by atoms with Crippen LogP contribution in [0.2, 0.25) is 0 Å². The molecule has 0 saturated heterocycles. The lowest BCUT2D eigenvalue weighted by Gasteiger charge is -2.18. The van der Waals surface area contributed by atoms with Crippen LogP contribution >= 0.6 is 7.82 Å². The second kappa shape index (κ2) is 36.1. The van der Waals surface area contributed by atoms with Gasteiger partial charge in [-0.3, -0.25) is 18.9 Å². The zero-order valence-electron chi connectivity index (χ0n) is 32.0. The molecular weight excluding hydrogens is 667 g/mol. The van der Waals surface area contributed by atoms with Crippen molar-refractivity contribution in [3.05, 3.63) is 48.6 Å². The molecule has 0 spiro atoms. The summed E-state index contributed by atoms with van der Waals surface area (Å²) in [6, 6.07) is 0. The van der Waals surface area contributed by atoms with Gasteiger partial charge in [0, 0.05) is 19.3 Å². The van der Waals surface area contributed by atoms with Crippen LogP contribution in [0.15, 0.2) is 48.6 Å². The number of hydrogen-bond acceptors (Lipinski definition) is 7. The van der Waals surface area contributed by atoms with E-state index in [1.54, 1.807) is 12.2 Å². The Hall–Kier alpha value is -2.32. The highest BCUT2D eigenvalue weighted by molar-refractivity contribution is 7.46. The molecule has 51 heavy (non-hydrogen) atoms. The monoisotopic (exact) mass is 738 g/mol. The van der Waals surface area contributed by atoms with E-state index in [4.69, 9.17) is 19.3 Å². The molecule has 0 unspecified atom stereocenters. The lowest BCUT2D eigenvalue weighted by molar-refractivity contribution is -0.161. The lowest BCUT2D eigenvalue weighted by Crippen LogP contribution is -2.29. The van der Waals surface area contributed by atoms with Crippen LogP contribution in [-0.2, 0) is 32.9 Å². The van der Waals surface area contributed by atoms with Gasteiger partial charge in [-0.2, -0.15) is 0 Å². The highest BCUT2D eigenvalue weighted by Crippen LogP contribution is 2.36. The molecule has 0 aliphatic heterocycles. The molecule has 0 fully saturated rings. The normalized spacial score (nSPS) is 12.9. The molecule has 0 aromatic heterocycles. The van der Waals surface area contributed by atoms with Crippen molar-refractivity contribution >= 4 is 25.5 Å². The van der Waals surface area contributed by atoms with Gasteiger partial charge in [0.05, 0.1) is 6.61 Å². The van der Waals surface area contributed by atoms with E-state index < -0.39 is 32.5 Å². The van der Waals surface area contributed by atoms with Crippen molar-refractivity contribution in [2.45, 2.75) is 180 Å². The molecule has 0 aromatic carbocycles. The Morgan fingerprint density at radius 2 is 1.06 bits per heavy atom. The van der Waals surface area contributed by atoms with E-state index in [2.05, 4.69) is 48.8 Å². The second-order valence-electron chi connectivity index (χ2n) is 13.3. The van der Waals surface area contributed by atoms with Crippen LogP contribution in [0, 0.1) is 0 Å². The highest BCUT2D eigenvalue weighted by Gasteiger charge is 2.22. The standard InChI is InChI=1S/C41H71O9P/c1-3-5-7-8-9-10-11-12-13-14-15-16-17-20-23-26-30-34-40(43)48-36-39(37-49-51(45,46)47)50-41(44)35-31-27-24-21-18-19-22-25-29-33-38(42)32-28-6-4-2/h9-10,12-13,22,25,29,33,39H,3-8,11,14-21,23-24,26-28,30-32,34-37H2,1-2H3,(H2,45,46,47)/b10-9-,13-12-,25-22-,33-29+/t39-/m1/s1. The Labute approximate surface area is 310 Å². The Bertz CT molecular complexity index is 1030. The summed E-state index contributed by atoms with van der Waals surface area (Å²) in [5.74, 6) is -0.788. The number of ketones is 1. The van der Waals surface area contributed by atoms with Crippen molar-refractivity contribution in [3.8, 4) is 0 Å². The van der Waals surface area contributed by atoms with Gasteiger partial charge in [-0.25, -0.2) is 4.57 Å². The van der Waals surface area contributed by atoms with Crippen molar-refractivity contribution in [2.75, 3.05) is 13.2 Å². The van der Waals surface area contributed by atoms with Gasteiger partial charge in [0.25, 0.3) is 0 Å². The van der Waals surface area contributed by atoms with E-state index in [1.165, 1.54) is 44.9 Å². The molecule has 294 valence electrons. The third kappa shape index (κ3) is 38.7. The van der Waals surface area contributed by atoms with E-state index in [-0.39, 0.29) is 25.2 Å². The number of rotatable bonds is 36. The Kier molecular flexibility index (Phi) is 34.4. The predicted octanol–water partition coefficient (Wildman–Crippen LogP) is 11.1. The fourth-order valence-electron chi connectivity index (χ4n) is 5.27. The van der Waals surface area contributed by atoms with E-state index in [0.29, 0.717) is 19.3 Å². The van der Waals surface area contributed by atoms with E-state index in [9.17, 15) is 18.9 Å². The van der Waals surface area contributed by atoms with Crippen molar-refractivity contribution in [2.24, 2.45) is 0 Å². The molecule has 0 rings (SSSR count). The Morgan fingerprint density at radius 3 is 1.65 bits per heavy atom. The fraction of sp³-hybridized carbons (Fsp3) is 0.732. The van der Waals surface area contributed by atoms with Gasteiger partial charge in [-0.1, -0.05) is 133 Å². The van der Waals surface area contributed by atoms with Gasteiger partial charge in [-0.05, 0) is 70.3 Å². The SMILES string of the molecule is CCCCC/C=C\C/C=C\CCCCCCCCCC(=O)OC[C@H](COP(=O)(O)O)OC(=O)CCCCCCC/C=C\C=C\C(=O)CCCCC. The molecule has 0 amide bonds. The van der Waals surface area contributed by atoms with Crippen molar-refractivity contribution in [3.63, 3.8) is 0 Å². The summed E-state index contributed by atoms with van der Waals surface area (Å²) in [5.41, 5.74) is 0. The average Bonchev–Trinajstić information content (AvgIpc) is 3.09. The molecule has 0 radical (unpaired) electrons. The van der Waals surface area contributed by atoms with Gasteiger partial charge in [-0.15, -0.1) is 0 Å². The van der Waals surface area contributed by atoms with Crippen LogP contribution in [0.5, 0.6) is 0 Å². The lowest BCUT2D eigenvalue weighted by atomic mass is 10.1. The van der Waals surface area contributed by atoms with Crippen LogP contribution in [0.4, 0.5) is 0 Å². The fourth-order valence-corrected chi connectivity index (χ4v) is 5.63. The first-order chi connectivity index (χ1) is 24.7. The first kappa shape index (κ1) is 48.7. The summed E-state index contributed by atoms with van der Waals surface area (Å²) in [7, 11) is -4.78. The third-order valence-corrected chi connectivity index (χ3v) is 8.78. The average molecular weight is 739 g/mol. The summed E-state index contributed by atoms with van der Waals surface area (Å²) in [5, 5.41) is 0. The zero-order valence-corrected chi connectivity index (χ0v) is 32.9. The van der Waals surface area contributed by atoms with Crippen LogP contribution in [0.1, 0.15) is 174 Å². The highest BCUT2D eigenvalue weighted by atomic mass is 31.2. The molecular formula is C41H71O9P. The zero-order chi connectivity index (χ0) is 37.7. The van der Waals surface area contributed by atoms with Crippen molar-refractivity contribution in [1.29, 1.82) is 0 Å². The van der Waals surface area contributed by atoms with E-state index in [0.717, 1.165) is 83.5 Å². The van der Waals surface area contributed by atoms with Gasteiger partial charge in [0.2, 0.25) is 0 Å². The molecule has 9 nitrogen and oxygen atoms in total. The number of hydrogen-bond donors (Lipinski definition) is 2. The number of allylic oxidation sites excluding steroid dienone is 8. The summed E-state index contributed by atoms with van der Waals surface area (Å²) >= 11 is 0. The smallest absolute Gasteiger partial charge is 0.462 e. The van der Waals surface area contributed by atoms with Gasteiger partial charge in [0.15, 0.2) is 11.9 Å². The molecule has 0 heterocycles. The quantitative estimate of drug-likeness (QED) is 0.0161. The minimum absolute atomic E-state index is 0.158. The number of carbonyl (C=O) groups is 3. The third-order valence-electron chi connectivity index (χ3n) is 8.30. The van der Waals surface area contributed by atoms with Crippen LogP contribution in [-0.4, -0.2) is 46.8 Å². The maximum atomic E-state index is 12.4. The summed E-state index contributed by atoms with van der Waals surface area (Å²) in [6.45, 7) is 3.46. The summed E-state index contributed by atoms with van der Waals surface area (Å²) in [6.07, 6.45) is 39.5. The first-order valence-corrected chi connectivity index (χ1v) is 21.4. The van der Waals surface area contributed by atoms with Gasteiger partial charge < -0.3 is 19.3 Å². The van der Waals surface area contributed by atoms with Crippen LogP contribution in [0.25, 0.3) is 0 Å². The molecule has 2 N–H and O–H groups in total. The van der Waals surface area contributed by atoms with Crippen molar-refractivity contribution < 1.29 is 42.7 Å². The number of carbonyl (C=O) groups excluding carboxylic acids is 3. The number of phosphoric ester groups is 1. The summed E-state index contributed by atoms with van der Waals surface area (Å²) < 4.78 is 26.3. The molecule has 0 aromatic rings. The predicted molar refractivity (Wildman–Crippen MR) is 207 cm³/mol. The number of ether oxygens (including phenoxy) is 2. The number of phosphoric acid groups is 1. The van der Waals surface area contributed by atoms with Crippen LogP contribution in [0.3, 0.4) is 0 Å². The molecule has 10 heteroatoms. The molecule has 0 saturated carbocycles.